The van der Waals surface area contributed by atoms with E-state index in [9.17, 15) is 4.39 Å². The molecule has 1 aromatic carbocycles. The van der Waals surface area contributed by atoms with Crippen molar-refractivity contribution in [2.45, 2.75) is 44.8 Å². The number of hydrogen-bond acceptors (Lipinski definition) is 3. The minimum absolute atomic E-state index is 0.130. The van der Waals surface area contributed by atoms with Gasteiger partial charge in [0.15, 0.2) is 11.6 Å². The smallest absolute Gasteiger partial charge is 0.165 e. The lowest BCUT2D eigenvalue weighted by atomic mass is 10.1. The molecule has 0 spiro atoms. The van der Waals surface area contributed by atoms with Crippen molar-refractivity contribution in [2.24, 2.45) is 0 Å². The van der Waals surface area contributed by atoms with Crippen LogP contribution in [0.25, 0.3) is 0 Å². The van der Waals surface area contributed by atoms with Gasteiger partial charge < -0.3 is 10.1 Å². The van der Waals surface area contributed by atoms with Crippen molar-refractivity contribution in [3.8, 4) is 5.75 Å². The first kappa shape index (κ1) is 15.3. The van der Waals surface area contributed by atoms with Gasteiger partial charge in [0.2, 0.25) is 0 Å². The highest BCUT2D eigenvalue weighted by Crippen LogP contribution is 2.27. The number of methoxy groups -OCH3 is 1. The second-order valence-electron chi connectivity index (χ2n) is 5.77. The van der Waals surface area contributed by atoms with Crippen LogP contribution in [0, 0.1) is 5.82 Å². The summed E-state index contributed by atoms with van der Waals surface area (Å²) >= 11 is 0. The molecule has 0 aliphatic heterocycles. The number of ether oxygens (including phenoxy) is 1. The van der Waals surface area contributed by atoms with Gasteiger partial charge in [0.1, 0.15) is 0 Å². The van der Waals surface area contributed by atoms with Gasteiger partial charge in [-0.1, -0.05) is 6.07 Å². The molecule has 1 N–H and O–H groups in total. The molecular formula is C16H25FN2O. The average molecular weight is 280 g/mol. The Hall–Kier alpha value is -1.13. The zero-order chi connectivity index (χ0) is 14.7. The van der Waals surface area contributed by atoms with Gasteiger partial charge in [0.05, 0.1) is 7.11 Å². The highest BCUT2D eigenvalue weighted by Gasteiger charge is 2.29. The molecule has 4 heteroatoms. The molecule has 1 aliphatic carbocycles. The maximum atomic E-state index is 13.7. The molecule has 0 saturated heterocycles. The molecule has 1 saturated carbocycles. The van der Waals surface area contributed by atoms with E-state index < -0.39 is 0 Å². The number of rotatable bonds is 7. The first-order chi connectivity index (χ1) is 9.52. The van der Waals surface area contributed by atoms with Crippen LogP contribution in [0.3, 0.4) is 0 Å². The predicted molar refractivity (Wildman–Crippen MR) is 79.6 cm³/mol. The molecule has 0 heterocycles. The summed E-state index contributed by atoms with van der Waals surface area (Å²) in [6.07, 6.45) is 2.64. The Morgan fingerprint density at radius 3 is 2.65 bits per heavy atom. The molecule has 0 amide bonds. The van der Waals surface area contributed by atoms with Crippen LogP contribution in [0.4, 0.5) is 4.39 Å². The van der Waals surface area contributed by atoms with Crippen LogP contribution in [0.15, 0.2) is 18.2 Å². The van der Waals surface area contributed by atoms with E-state index in [2.05, 4.69) is 31.1 Å². The second kappa shape index (κ2) is 6.55. The zero-order valence-corrected chi connectivity index (χ0v) is 12.8. The number of nitrogens with zero attached hydrogens (tertiary/aromatic N) is 1. The van der Waals surface area contributed by atoms with Gasteiger partial charge in [-0.2, -0.15) is 0 Å². The highest BCUT2D eigenvalue weighted by molar-refractivity contribution is 5.30. The van der Waals surface area contributed by atoms with Crippen LogP contribution in [0.5, 0.6) is 5.75 Å². The van der Waals surface area contributed by atoms with Crippen molar-refractivity contribution in [1.82, 2.24) is 10.2 Å². The van der Waals surface area contributed by atoms with Gasteiger partial charge in [-0.25, -0.2) is 4.39 Å². The summed E-state index contributed by atoms with van der Waals surface area (Å²) in [5.74, 6) is -0.00965. The van der Waals surface area contributed by atoms with Gasteiger partial charge >= 0.3 is 0 Å². The Balaban J connectivity index is 1.87. The maximum Gasteiger partial charge on any atom is 0.165 e. The summed E-state index contributed by atoms with van der Waals surface area (Å²) in [5.41, 5.74) is 0.949. The van der Waals surface area contributed by atoms with Crippen LogP contribution < -0.4 is 10.1 Å². The Bertz CT molecular complexity index is 448. The lowest BCUT2D eigenvalue weighted by molar-refractivity contribution is 0.237. The lowest BCUT2D eigenvalue weighted by Crippen LogP contribution is -2.39. The van der Waals surface area contributed by atoms with Gasteiger partial charge in [0.25, 0.3) is 0 Å². The molecule has 2 rings (SSSR count). The van der Waals surface area contributed by atoms with Crippen LogP contribution >= 0.6 is 0 Å². The molecule has 1 aliphatic rings. The monoisotopic (exact) mass is 280 g/mol. The van der Waals surface area contributed by atoms with Crippen LogP contribution in [0.1, 0.15) is 38.3 Å². The molecule has 1 aromatic rings. The predicted octanol–water partition coefficient (Wildman–Crippen LogP) is 2.97. The van der Waals surface area contributed by atoms with Crippen molar-refractivity contribution in [3.63, 3.8) is 0 Å². The number of likely N-dealkylation sites (N-methyl/N-ethyl adjacent to an activating group) is 1. The fraction of sp³-hybridized carbons (Fsp3) is 0.625. The lowest BCUT2D eigenvalue weighted by Gasteiger charge is -2.26. The maximum absolute atomic E-state index is 13.7. The summed E-state index contributed by atoms with van der Waals surface area (Å²) < 4.78 is 18.6. The normalized spacial score (nSPS) is 18.1. The zero-order valence-electron chi connectivity index (χ0n) is 12.8. The van der Waals surface area contributed by atoms with Crippen molar-refractivity contribution >= 4 is 0 Å². The van der Waals surface area contributed by atoms with E-state index in [0.29, 0.717) is 11.8 Å². The van der Waals surface area contributed by atoms with Crippen molar-refractivity contribution < 1.29 is 9.13 Å². The summed E-state index contributed by atoms with van der Waals surface area (Å²) in [7, 11) is 3.66. The first-order valence-electron chi connectivity index (χ1n) is 7.31. The average Bonchev–Trinajstić information content (AvgIpc) is 3.27. The number of benzene rings is 1. The van der Waals surface area contributed by atoms with Crippen LogP contribution in [-0.2, 0) is 0 Å². The highest BCUT2D eigenvalue weighted by atomic mass is 19.1. The molecule has 1 fully saturated rings. The molecular weight excluding hydrogens is 255 g/mol. The van der Waals surface area contributed by atoms with Crippen LogP contribution in [0.2, 0.25) is 0 Å². The summed E-state index contributed by atoms with van der Waals surface area (Å²) in [5, 5.41) is 3.48. The van der Waals surface area contributed by atoms with E-state index in [1.807, 2.05) is 6.07 Å². The van der Waals surface area contributed by atoms with Gasteiger partial charge in [-0.3, -0.25) is 4.90 Å². The number of nitrogens with one attached hydrogen (secondary N) is 1. The molecule has 2 unspecified atom stereocenters. The van der Waals surface area contributed by atoms with E-state index in [1.165, 1.54) is 20.0 Å². The SMILES string of the molecule is COc1ccc(C(C)NCC(C)N(C)C2CC2)cc1F. The molecule has 0 radical (unpaired) electrons. The van der Waals surface area contributed by atoms with Crippen molar-refractivity contribution in [3.05, 3.63) is 29.6 Å². The quantitative estimate of drug-likeness (QED) is 0.831. The van der Waals surface area contributed by atoms with Gasteiger partial charge in [-0.05, 0) is 51.4 Å². The van der Waals surface area contributed by atoms with E-state index >= 15 is 0 Å². The largest absolute Gasteiger partial charge is 0.494 e. The van der Waals surface area contributed by atoms with E-state index in [0.717, 1.165) is 18.2 Å². The number of halogens is 1. The van der Waals surface area contributed by atoms with Gasteiger partial charge in [-0.15, -0.1) is 0 Å². The summed E-state index contributed by atoms with van der Waals surface area (Å²) in [6, 6.07) is 6.53. The molecule has 112 valence electrons. The molecule has 3 nitrogen and oxygen atoms in total. The Morgan fingerprint density at radius 2 is 2.10 bits per heavy atom. The van der Waals surface area contributed by atoms with E-state index in [1.54, 1.807) is 12.1 Å². The van der Waals surface area contributed by atoms with Crippen LogP contribution in [-0.4, -0.2) is 37.7 Å². The Kier molecular flexibility index (Phi) is 5.00. The van der Waals surface area contributed by atoms with Crippen molar-refractivity contribution in [1.29, 1.82) is 0 Å². The Morgan fingerprint density at radius 1 is 1.40 bits per heavy atom. The number of hydrogen-bond donors (Lipinski definition) is 1. The summed E-state index contributed by atoms with van der Waals surface area (Å²) in [4.78, 5) is 2.42. The fourth-order valence-corrected chi connectivity index (χ4v) is 2.40. The molecule has 20 heavy (non-hydrogen) atoms. The van der Waals surface area contributed by atoms with Crippen molar-refractivity contribution in [2.75, 3.05) is 20.7 Å². The third-order valence-electron chi connectivity index (χ3n) is 4.21. The minimum Gasteiger partial charge on any atom is -0.494 e. The topological polar surface area (TPSA) is 24.5 Å². The molecule has 2 atom stereocenters. The van der Waals surface area contributed by atoms with E-state index in [4.69, 9.17) is 4.74 Å². The first-order valence-corrected chi connectivity index (χ1v) is 7.31. The minimum atomic E-state index is -0.304. The second-order valence-corrected chi connectivity index (χ2v) is 5.77. The van der Waals surface area contributed by atoms with E-state index in [-0.39, 0.29) is 11.9 Å². The third kappa shape index (κ3) is 3.70. The molecule has 0 bridgehead atoms. The standard InChI is InChI=1S/C16H25FN2O/c1-11(19(3)14-6-7-14)10-18-12(2)13-5-8-16(20-4)15(17)9-13/h5,8-9,11-12,14,18H,6-7,10H2,1-4H3. The fourth-order valence-electron chi connectivity index (χ4n) is 2.40. The Labute approximate surface area is 121 Å². The molecule has 0 aromatic heterocycles. The third-order valence-corrected chi connectivity index (χ3v) is 4.21. The van der Waals surface area contributed by atoms with Gasteiger partial charge in [0, 0.05) is 24.7 Å². The summed E-state index contributed by atoms with van der Waals surface area (Å²) in [6.45, 7) is 5.19.